The monoisotopic (exact) mass is 589 g/mol. The van der Waals surface area contributed by atoms with E-state index in [4.69, 9.17) is 9.40 Å². The van der Waals surface area contributed by atoms with Crippen LogP contribution in [0.15, 0.2) is 137 Å². The number of anilines is 1. The van der Waals surface area contributed by atoms with Gasteiger partial charge in [-0.15, -0.1) is 0 Å². The van der Waals surface area contributed by atoms with Gasteiger partial charge in [-0.3, -0.25) is 0 Å². The molecule has 0 spiro atoms. The number of aromatic nitrogens is 1. The summed E-state index contributed by atoms with van der Waals surface area (Å²) in [5, 5.41) is 2.66. The molecule has 2 atom stereocenters. The van der Waals surface area contributed by atoms with Crippen LogP contribution in [-0.4, -0.2) is 19.4 Å². The first-order valence-corrected chi connectivity index (χ1v) is 15.7. The van der Waals surface area contributed by atoms with Crippen LogP contribution in [0, 0.1) is 5.92 Å². The first-order valence-electron chi connectivity index (χ1n) is 14.2. The van der Waals surface area contributed by atoms with E-state index in [9.17, 15) is 13.2 Å². The van der Waals surface area contributed by atoms with Crippen molar-refractivity contribution in [2.24, 2.45) is 5.92 Å². The van der Waals surface area contributed by atoms with Crippen molar-refractivity contribution in [3.05, 3.63) is 139 Å². The summed E-state index contributed by atoms with van der Waals surface area (Å²) in [5.41, 5.74) is 4.32. The van der Waals surface area contributed by atoms with E-state index in [2.05, 4.69) is 22.2 Å². The smallest absolute Gasteiger partial charge is 0.333 e. The molecule has 7 nitrogen and oxygen atoms in total. The highest BCUT2D eigenvalue weighted by Gasteiger charge is 2.30. The maximum atomic E-state index is 12.6. The maximum Gasteiger partial charge on any atom is 0.333 e. The topological polar surface area (TPSA) is 101 Å². The summed E-state index contributed by atoms with van der Waals surface area (Å²) in [7, 11) is -3.98. The predicted octanol–water partition coefficient (Wildman–Crippen LogP) is 7.81. The molecule has 0 fully saturated rings. The standard InChI is InChI=1S/C35H31N3O4S/c39-35(38-43(40,41)30-20-8-3-9-21-30)36-29-19-12-13-25(24-29)23-28-18-10-11-22-31(28)34-37-32(26-14-4-1-5-15-26)33(42-34)27-16-6-2-7-17-27/h1-10,12-21,24,28,31H,11,22-23H2,(H2,36,38,39). The molecule has 0 radical (unpaired) electrons. The van der Waals surface area contributed by atoms with Crippen molar-refractivity contribution in [2.45, 2.75) is 30.1 Å². The second kappa shape index (κ2) is 12.5. The number of urea groups is 1. The third-order valence-corrected chi connectivity index (χ3v) is 8.87. The molecule has 5 aromatic rings. The van der Waals surface area contributed by atoms with Gasteiger partial charge in [-0.2, -0.15) is 0 Å². The van der Waals surface area contributed by atoms with Gasteiger partial charge in [0.1, 0.15) is 5.69 Å². The molecule has 216 valence electrons. The Balaban J connectivity index is 1.22. The molecule has 43 heavy (non-hydrogen) atoms. The lowest BCUT2D eigenvalue weighted by molar-refractivity contribution is 0.256. The Labute approximate surface area is 251 Å². The number of nitrogens with zero attached hydrogens (tertiary/aromatic N) is 1. The number of allylic oxidation sites excluding steroid dienone is 2. The van der Waals surface area contributed by atoms with Crippen LogP contribution in [0.1, 0.15) is 30.2 Å². The Morgan fingerprint density at radius 1 is 0.837 bits per heavy atom. The molecule has 0 saturated heterocycles. The van der Waals surface area contributed by atoms with Gasteiger partial charge >= 0.3 is 6.03 Å². The highest BCUT2D eigenvalue weighted by Crippen LogP contribution is 2.41. The summed E-state index contributed by atoms with van der Waals surface area (Å²) >= 11 is 0. The summed E-state index contributed by atoms with van der Waals surface area (Å²) in [6.07, 6.45) is 6.96. The Hall–Kier alpha value is -4.95. The van der Waals surface area contributed by atoms with Crippen molar-refractivity contribution in [3.8, 4) is 22.6 Å². The number of hydrogen-bond acceptors (Lipinski definition) is 5. The van der Waals surface area contributed by atoms with Crippen LogP contribution in [0.5, 0.6) is 0 Å². The van der Waals surface area contributed by atoms with Gasteiger partial charge in [0.25, 0.3) is 10.0 Å². The fourth-order valence-corrected chi connectivity index (χ4v) is 6.40. The van der Waals surface area contributed by atoms with Gasteiger partial charge in [0.15, 0.2) is 11.7 Å². The minimum absolute atomic E-state index is 0.0198. The third kappa shape index (κ3) is 6.60. The van der Waals surface area contributed by atoms with Crippen molar-refractivity contribution in [1.82, 2.24) is 9.71 Å². The van der Waals surface area contributed by atoms with Gasteiger partial charge in [-0.1, -0.05) is 103 Å². The summed E-state index contributed by atoms with van der Waals surface area (Å²) in [4.78, 5) is 17.7. The van der Waals surface area contributed by atoms with Crippen LogP contribution in [-0.2, 0) is 16.4 Å². The number of benzene rings is 4. The van der Waals surface area contributed by atoms with Crippen LogP contribution in [0.2, 0.25) is 0 Å². The second-order valence-electron chi connectivity index (χ2n) is 10.5. The van der Waals surface area contributed by atoms with Crippen molar-refractivity contribution < 1.29 is 17.6 Å². The van der Waals surface area contributed by atoms with Gasteiger partial charge in [0.2, 0.25) is 0 Å². The van der Waals surface area contributed by atoms with E-state index in [-0.39, 0.29) is 16.7 Å². The lowest BCUT2D eigenvalue weighted by Crippen LogP contribution is -2.34. The largest absolute Gasteiger partial charge is 0.440 e. The van der Waals surface area contributed by atoms with Gasteiger partial charge in [-0.25, -0.2) is 22.9 Å². The van der Waals surface area contributed by atoms with Crippen molar-refractivity contribution in [2.75, 3.05) is 5.32 Å². The van der Waals surface area contributed by atoms with Crippen molar-refractivity contribution in [3.63, 3.8) is 0 Å². The predicted molar refractivity (Wildman–Crippen MR) is 168 cm³/mol. The van der Waals surface area contributed by atoms with Crippen LogP contribution in [0.25, 0.3) is 22.6 Å². The molecule has 1 aromatic heterocycles. The number of carbonyl (C=O) groups excluding carboxylic acids is 1. The number of rotatable bonds is 8. The molecule has 1 aliphatic rings. The first-order chi connectivity index (χ1) is 21.0. The van der Waals surface area contributed by atoms with Crippen LogP contribution in [0.4, 0.5) is 10.5 Å². The van der Waals surface area contributed by atoms with E-state index in [0.29, 0.717) is 18.0 Å². The Morgan fingerprint density at radius 3 is 2.23 bits per heavy atom. The zero-order valence-electron chi connectivity index (χ0n) is 23.4. The molecular formula is C35H31N3O4S. The highest BCUT2D eigenvalue weighted by atomic mass is 32.2. The van der Waals surface area contributed by atoms with Crippen LogP contribution < -0.4 is 10.0 Å². The van der Waals surface area contributed by atoms with Crippen molar-refractivity contribution >= 4 is 21.7 Å². The van der Waals surface area contributed by atoms with Crippen LogP contribution in [0.3, 0.4) is 0 Å². The highest BCUT2D eigenvalue weighted by molar-refractivity contribution is 7.90. The Morgan fingerprint density at radius 2 is 1.51 bits per heavy atom. The molecule has 4 aromatic carbocycles. The van der Waals surface area contributed by atoms with E-state index in [1.165, 1.54) is 12.1 Å². The number of oxazole rings is 1. The third-order valence-electron chi connectivity index (χ3n) is 7.53. The fourth-order valence-electron chi connectivity index (χ4n) is 5.47. The van der Waals surface area contributed by atoms with E-state index >= 15 is 0 Å². The Kier molecular flexibility index (Phi) is 8.20. The maximum absolute atomic E-state index is 12.6. The van der Waals surface area contributed by atoms with E-state index < -0.39 is 16.1 Å². The molecule has 0 aliphatic heterocycles. The molecule has 1 heterocycles. The van der Waals surface area contributed by atoms with Gasteiger partial charge < -0.3 is 9.73 Å². The molecule has 0 bridgehead atoms. The molecular weight excluding hydrogens is 558 g/mol. The zero-order chi connectivity index (χ0) is 29.6. The first kappa shape index (κ1) is 28.2. The number of hydrogen-bond donors (Lipinski definition) is 2. The quantitative estimate of drug-likeness (QED) is 0.180. The lowest BCUT2D eigenvalue weighted by Gasteiger charge is -2.25. The average molecular weight is 590 g/mol. The summed E-state index contributed by atoms with van der Waals surface area (Å²) in [6.45, 7) is 0. The molecule has 2 unspecified atom stereocenters. The summed E-state index contributed by atoms with van der Waals surface area (Å²) in [5.74, 6) is 1.67. The Bertz CT molecular complexity index is 1780. The number of amides is 2. The molecule has 6 rings (SSSR count). The zero-order valence-corrected chi connectivity index (χ0v) is 24.2. The lowest BCUT2D eigenvalue weighted by atomic mass is 9.80. The molecule has 2 amide bonds. The minimum Gasteiger partial charge on any atom is -0.440 e. The molecule has 2 N–H and O–H groups in total. The normalized spacial score (nSPS) is 16.5. The fraction of sp³-hybridized carbons (Fsp3) is 0.143. The SMILES string of the molecule is O=C(Nc1cccc(CC2C=CCCC2c2nc(-c3ccccc3)c(-c3ccccc3)o2)c1)NS(=O)(=O)c1ccccc1. The van der Waals surface area contributed by atoms with E-state index in [0.717, 1.165) is 41.0 Å². The second-order valence-corrected chi connectivity index (χ2v) is 12.2. The van der Waals surface area contributed by atoms with Crippen molar-refractivity contribution in [1.29, 1.82) is 0 Å². The number of carbonyl (C=O) groups is 1. The summed E-state index contributed by atoms with van der Waals surface area (Å²) < 4.78 is 33.7. The summed E-state index contributed by atoms with van der Waals surface area (Å²) in [6, 6.07) is 34.6. The van der Waals surface area contributed by atoms with Crippen LogP contribution >= 0.6 is 0 Å². The van der Waals surface area contributed by atoms with Gasteiger partial charge in [0, 0.05) is 22.7 Å². The molecule has 0 saturated carbocycles. The average Bonchev–Trinajstić information content (AvgIpc) is 3.48. The minimum atomic E-state index is -3.98. The number of nitrogens with one attached hydrogen (secondary N) is 2. The van der Waals surface area contributed by atoms with E-state index in [1.54, 1.807) is 24.3 Å². The molecule has 1 aliphatic carbocycles. The van der Waals surface area contributed by atoms with E-state index in [1.807, 2.05) is 78.9 Å². The van der Waals surface area contributed by atoms with Gasteiger partial charge in [0.05, 0.1) is 4.90 Å². The van der Waals surface area contributed by atoms with Gasteiger partial charge in [-0.05, 0) is 55.0 Å². The number of sulfonamides is 1. The molecule has 8 heteroatoms.